The number of hydrogen-bond donors (Lipinski definition) is 0. The Morgan fingerprint density at radius 1 is 0.926 bits per heavy atom. The molecule has 0 atom stereocenters. The van der Waals surface area contributed by atoms with Crippen molar-refractivity contribution in [1.29, 1.82) is 0 Å². The van der Waals surface area contributed by atoms with Gasteiger partial charge in [0.2, 0.25) is 0 Å². The molecule has 0 spiro atoms. The molecular weight excluding hydrogens is 360 g/mol. The summed E-state index contributed by atoms with van der Waals surface area (Å²) < 4.78 is 35.7. The van der Waals surface area contributed by atoms with Crippen LogP contribution in [0.25, 0.3) is 6.08 Å². The molecule has 27 heavy (non-hydrogen) atoms. The number of hydrogen-bond acceptors (Lipinski definition) is 4. The van der Waals surface area contributed by atoms with Gasteiger partial charge in [-0.05, 0) is 54.4 Å². The van der Waals surface area contributed by atoms with E-state index in [0.29, 0.717) is 11.3 Å². The Kier molecular flexibility index (Phi) is 5.74. The average Bonchev–Trinajstić information content (AvgIpc) is 2.68. The van der Waals surface area contributed by atoms with Gasteiger partial charge in [0.25, 0.3) is 10.1 Å². The van der Waals surface area contributed by atoms with Crippen molar-refractivity contribution >= 4 is 16.2 Å². The van der Waals surface area contributed by atoms with Gasteiger partial charge in [0.15, 0.2) is 0 Å². The lowest BCUT2D eigenvalue weighted by molar-refractivity contribution is 0.307. The van der Waals surface area contributed by atoms with Crippen LogP contribution in [-0.2, 0) is 20.9 Å². The monoisotopic (exact) mass is 380 g/mol. The van der Waals surface area contributed by atoms with Crippen LogP contribution in [0.3, 0.4) is 0 Å². The minimum absolute atomic E-state index is 0.0802. The van der Waals surface area contributed by atoms with E-state index in [9.17, 15) is 8.42 Å². The SMILES string of the molecule is C=Cc1cc(Oc2ccccc2)ccc1COS(=O)(=O)c1ccc(C)cc1. The van der Waals surface area contributed by atoms with E-state index in [1.165, 1.54) is 12.1 Å². The molecule has 3 aromatic carbocycles. The zero-order valence-corrected chi connectivity index (χ0v) is 15.8. The predicted molar refractivity (Wildman–Crippen MR) is 106 cm³/mol. The molecule has 3 rings (SSSR count). The maximum absolute atomic E-state index is 12.4. The van der Waals surface area contributed by atoms with Crippen molar-refractivity contribution in [1.82, 2.24) is 0 Å². The number of benzene rings is 3. The van der Waals surface area contributed by atoms with Crippen LogP contribution in [0, 0.1) is 6.92 Å². The Bertz CT molecular complexity index is 1020. The fourth-order valence-corrected chi connectivity index (χ4v) is 3.38. The summed E-state index contributed by atoms with van der Waals surface area (Å²) >= 11 is 0. The number of rotatable bonds is 7. The fourth-order valence-electron chi connectivity index (χ4n) is 2.50. The third kappa shape index (κ3) is 4.84. The number of ether oxygens (including phenoxy) is 1. The summed E-state index contributed by atoms with van der Waals surface area (Å²) in [6.07, 6.45) is 1.65. The Morgan fingerprint density at radius 3 is 2.30 bits per heavy atom. The summed E-state index contributed by atoms with van der Waals surface area (Å²) in [5, 5.41) is 0. The van der Waals surface area contributed by atoms with Crippen LogP contribution in [0.15, 0.2) is 84.3 Å². The Labute approximate surface area is 159 Å². The number of para-hydroxylation sites is 1. The molecule has 0 aliphatic heterocycles. The first-order chi connectivity index (χ1) is 13.0. The topological polar surface area (TPSA) is 52.6 Å². The van der Waals surface area contributed by atoms with Crippen molar-refractivity contribution in [3.63, 3.8) is 0 Å². The summed E-state index contributed by atoms with van der Waals surface area (Å²) in [6.45, 7) is 5.61. The second-order valence-electron chi connectivity index (χ2n) is 6.01. The molecule has 0 bridgehead atoms. The first-order valence-corrected chi connectivity index (χ1v) is 9.83. The van der Waals surface area contributed by atoms with Gasteiger partial charge in [-0.1, -0.05) is 54.6 Å². The molecule has 0 aromatic heterocycles. The zero-order valence-electron chi connectivity index (χ0n) is 15.0. The molecule has 5 heteroatoms. The van der Waals surface area contributed by atoms with Crippen LogP contribution in [0.2, 0.25) is 0 Å². The lowest BCUT2D eigenvalue weighted by Gasteiger charge is -2.11. The van der Waals surface area contributed by atoms with Crippen LogP contribution < -0.4 is 4.74 Å². The molecule has 0 saturated heterocycles. The number of aryl methyl sites for hydroxylation is 1. The van der Waals surface area contributed by atoms with Crippen LogP contribution in [0.4, 0.5) is 0 Å². The normalized spacial score (nSPS) is 11.1. The molecular formula is C22H20O4S. The van der Waals surface area contributed by atoms with E-state index in [2.05, 4.69) is 6.58 Å². The van der Waals surface area contributed by atoms with Gasteiger partial charge in [0.05, 0.1) is 11.5 Å². The molecule has 0 radical (unpaired) electrons. The molecule has 0 unspecified atom stereocenters. The summed E-state index contributed by atoms with van der Waals surface area (Å²) in [5.41, 5.74) is 2.44. The summed E-state index contributed by atoms with van der Waals surface area (Å²) in [4.78, 5) is 0.136. The highest BCUT2D eigenvalue weighted by Gasteiger charge is 2.16. The van der Waals surface area contributed by atoms with Crippen molar-refractivity contribution in [2.24, 2.45) is 0 Å². The minimum atomic E-state index is -3.82. The Morgan fingerprint density at radius 2 is 1.63 bits per heavy atom. The van der Waals surface area contributed by atoms with Gasteiger partial charge in [-0.15, -0.1) is 0 Å². The first kappa shape index (κ1) is 18.9. The second-order valence-corrected chi connectivity index (χ2v) is 7.62. The molecule has 3 aromatic rings. The van der Waals surface area contributed by atoms with Gasteiger partial charge in [-0.25, -0.2) is 0 Å². The van der Waals surface area contributed by atoms with Crippen LogP contribution >= 0.6 is 0 Å². The van der Waals surface area contributed by atoms with E-state index in [0.717, 1.165) is 16.9 Å². The largest absolute Gasteiger partial charge is 0.457 e. The highest BCUT2D eigenvalue weighted by atomic mass is 32.2. The van der Waals surface area contributed by atoms with Gasteiger partial charge < -0.3 is 4.74 Å². The maximum atomic E-state index is 12.4. The second kappa shape index (κ2) is 8.20. The van der Waals surface area contributed by atoms with Gasteiger partial charge in [-0.2, -0.15) is 8.42 Å². The van der Waals surface area contributed by atoms with E-state index in [-0.39, 0.29) is 11.5 Å². The first-order valence-electron chi connectivity index (χ1n) is 8.42. The Balaban J connectivity index is 1.75. The highest BCUT2D eigenvalue weighted by molar-refractivity contribution is 7.86. The zero-order chi connectivity index (χ0) is 19.3. The van der Waals surface area contributed by atoms with Crippen molar-refractivity contribution in [3.8, 4) is 11.5 Å². The highest BCUT2D eigenvalue weighted by Crippen LogP contribution is 2.26. The molecule has 0 amide bonds. The molecule has 0 aliphatic rings. The smallest absolute Gasteiger partial charge is 0.297 e. The average molecular weight is 380 g/mol. The van der Waals surface area contributed by atoms with E-state index < -0.39 is 10.1 Å². The summed E-state index contributed by atoms with van der Waals surface area (Å²) in [5.74, 6) is 1.36. The fraction of sp³-hybridized carbons (Fsp3) is 0.0909. The molecule has 4 nitrogen and oxygen atoms in total. The molecule has 0 saturated carbocycles. The minimum Gasteiger partial charge on any atom is -0.457 e. The summed E-state index contributed by atoms with van der Waals surface area (Å²) in [7, 11) is -3.82. The molecule has 0 fully saturated rings. The molecule has 0 N–H and O–H groups in total. The van der Waals surface area contributed by atoms with Crippen LogP contribution in [0.1, 0.15) is 16.7 Å². The predicted octanol–water partition coefficient (Wildman–Crippen LogP) is 5.34. The van der Waals surface area contributed by atoms with E-state index in [4.69, 9.17) is 8.92 Å². The van der Waals surface area contributed by atoms with Crippen molar-refractivity contribution in [3.05, 3.63) is 96.1 Å². The lowest BCUT2D eigenvalue weighted by atomic mass is 10.1. The molecule has 138 valence electrons. The standard InChI is InChI=1S/C22H20O4S/c1-3-18-15-21(26-20-7-5-4-6-8-20)12-11-19(18)16-25-27(23,24)22-13-9-17(2)10-14-22/h3-15H,1,16H2,2H3. The van der Waals surface area contributed by atoms with Gasteiger partial charge in [0.1, 0.15) is 11.5 Å². The van der Waals surface area contributed by atoms with Crippen molar-refractivity contribution in [2.75, 3.05) is 0 Å². The van der Waals surface area contributed by atoms with Gasteiger partial charge in [-0.3, -0.25) is 4.18 Å². The van der Waals surface area contributed by atoms with Gasteiger partial charge >= 0.3 is 0 Å². The van der Waals surface area contributed by atoms with Crippen LogP contribution in [-0.4, -0.2) is 8.42 Å². The Hall–Kier alpha value is -2.89. The van der Waals surface area contributed by atoms with E-state index >= 15 is 0 Å². The molecule has 0 heterocycles. The van der Waals surface area contributed by atoms with Crippen molar-refractivity contribution in [2.45, 2.75) is 18.4 Å². The lowest BCUT2D eigenvalue weighted by Crippen LogP contribution is -2.07. The van der Waals surface area contributed by atoms with Crippen molar-refractivity contribution < 1.29 is 17.3 Å². The van der Waals surface area contributed by atoms with E-state index in [1.807, 2.05) is 37.3 Å². The van der Waals surface area contributed by atoms with Crippen LogP contribution in [0.5, 0.6) is 11.5 Å². The van der Waals surface area contributed by atoms with Gasteiger partial charge in [0, 0.05) is 0 Å². The maximum Gasteiger partial charge on any atom is 0.297 e. The third-order valence-electron chi connectivity index (χ3n) is 4.00. The summed E-state index contributed by atoms with van der Waals surface area (Å²) in [6, 6.07) is 21.3. The quantitative estimate of drug-likeness (QED) is 0.520. The third-order valence-corrected chi connectivity index (χ3v) is 5.27. The molecule has 0 aliphatic carbocycles. The van der Waals surface area contributed by atoms with E-state index in [1.54, 1.807) is 36.4 Å².